The number of benzene rings is 2. The van der Waals surface area contributed by atoms with Crippen LogP contribution in [0.25, 0.3) is 17.4 Å². The number of methoxy groups -OCH3 is 2. The Labute approximate surface area is 238 Å². The number of aromatic carboxylic acids is 1. The lowest BCUT2D eigenvalue weighted by atomic mass is 9.95. The van der Waals surface area contributed by atoms with E-state index in [1.54, 1.807) is 62.4 Å². The van der Waals surface area contributed by atoms with Gasteiger partial charge in [-0.15, -0.1) is 0 Å². The highest BCUT2D eigenvalue weighted by Gasteiger charge is 2.34. The summed E-state index contributed by atoms with van der Waals surface area (Å²) in [5, 5.41) is 9.30. The number of furan rings is 1. The van der Waals surface area contributed by atoms with Gasteiger partial charge in [0.05, 0.1) is 48.2 Å². The second-order valence-electron chi connectivity index (χ2n) is 9.00. The van der Waals surface area contributed by atoms with Crippen molar-refractivity contribution in [2.45, 2.75) is 19.9 Å². The zero-order valence-electron chi connectivity index (χ0n) is 22.7. The van der Waals surface area contributed by atoms with E-state index in [1.807, 2.05) is 0 Å². The van der Waals surface area contributed by atoms with E-state index in [0.717, 1.165) is 11.3 Å². The molecule has 1 atom stereocenters. The number of carboxylic acid groups (broad SMARTS) is 1. The number of hydrogen-bond acceptors (Lipinski definition) is 9. The summed E-state index contributed by atoms with van der Waals surface area (Å²) in [5.41, 5.74) is 1.66. The Hall–Kier alpha value is -4.90. The molecule has 1 aliphatic heterocycles. The molecule has 0 saturated carbocycles. The van der Waals surface area contributed by atoms with Crippen LogP contribution in [0, 0.1) is 0 Å². The molecular weight excluding hydrogens is 548 g/mol. The van der Waals surface area contributed by atoms with Crippen LogP contribution in [0.5, 0.6) is 11.5 Å². The number of allylic oxidation sites excluding steroid dienone is 1. The summed E-state index contributed by atoms with van der Waals surface area (Å²) in [5.74, 6) is 0.193. The zero-order chi connectivity index (χ0) is 29.3. The molecule has 0 radical (unpaired) electrons. The molecule has 5 rings (SSSR count). The van der Waals surface area contributed by atoms with Crippen molar-refractivity contribution in [3.8, 4) is 22.8 Å². The van der Waals surface area contributed by atoms with Gasteiger partial charge >= 0.3 is 11.9 Å². The van der Waals surface area contributed by atoms with Crippen molar-refractivity contribution in [1.82, 2.24) is 4.57 Å². The van der Waals surface area contributed by atoms with Crippen molar-refractivity contribution >= 4 is 29.4 Å². The van der Waals surface area contributed by atoms with Gasteiger partial charge in [0, 0.05) is 11.6 Å². The Morgan fingerprint density at radius 2 is 1.88 bits per heavy atom. The van der Waals surface area contributed by atoms with Crippen LogP contribution < -0.4 is 24.4 Å². The number of carbonyl (C=O) groups is 2. The van der Waals surface area contributed by atoms with Gasteiger partial charge in [0.1, 0.15) is 11.5 Å². The molecule has 0 amide bonds. The number of thiazole rings is 1. The molecule has 0 spiro atoms. The molecule has 0 aliphatic carbocycles. The van der Waals surface area contributed by atoms with Crippen LogP contribution in [-0.4, -0.2) is 42.4 Å². The lowest BCUT2D eigenvalue weighted by Gasteiger charge is -2.25. The SMILES string of the molecule is CCOC(=O)C1=C(C)N=c2sc(=Cc3ccc(-c4cccc(C(=O)O)c4)o3)c(=O)n2C1c1ccc(OC)c(OC)c1. The third-order valence-electron chi connectivity index (χ3n) is 6.53. The van der Waals surface area contributed by atoms with Crippen LogP contribution in [0.1, 0.15) is 41.6 Å². The number of nitrogens with zero attached hydrogens (tertiary/aromatic N) is 2. The van der Waals surface area contributed by atoms with Crippen LogP contribution in [0.2, 0.25) is 0 Å². The van der Waals surface area contributed by atoms with E-state index in [9.17, 15) is 19.5 Å². The first-order chi connectivity index (χ1) is 19.7. The molecule has 4 aromatic rings. The fraction of sp³-hybridized carbons (Fsp3) is 0.200. The Bertz CT molecular complexity index is 1880. The van der Waals surface area contributed by atoms with Crippen LogP contribution >= 0.6 is 11.3 Å². The minimum absolute atomic E-state index is 0.136. The maximum atomic E-state index is 13.9. The maximum absolute atomic E-state index is 13.9. The van der Waals surface area contributed by atoms with Crippen molar-refractivity contribution in [3.05, 3.63) is 102 Å². The fourth-order valence-corrected chi connectivity index (χ4v) is 5.68. The molecule has 11 heteroatoms. The maximum Gasteiger partial charge on any atom is 0.338 e. The first-order valence-electron chi connectivity index (χ1n) is 12.6. The van der Waals surface area contributed by atoms with Crippen molar-refractivity contribution < 1.29 is 33.3 Å². The number of fused-ring (bicyclic) bond motifs is 1. The number of carboxylic acids is 1. The highest BCUT2D eigenvalue weighted by atomic mass is 32.1. The Kier molecular flexibility index (Phi) is 7.62. The second-order valence-corrected chi connectivity index (χ2v) is 10.0. The van der Waals surface area contributed by atoms with Crippen molar-refractivity contribution in [1.29, 1.82) is 0 Å². The van der Waals surface area contributed by atoms with Gasteiger partial charge in [-0.3, -0.25) is 9.36 Å². The van der Waals surface area contributed by atoms with Crippen molar-refractivity contribution in [2.24, 2.45) is 4.99 Å². The summed E-state index contributed by atoms with van der Waals surface area (Å²) in [7, 11) is 3.04. The van der Waals surface area contributed by atoms with E-state index < -0.39 is 18.0 Å². The van der Waals surface area contributed by atoms with Crippen LogP contribution in [-0.2, 0) is 9.53 Å². The molecule has 2 aromatic heterocycles. The van der Waals surface area contributed by atoms with Gasteiger partial charge in [-0.25, -0.2) is 14.6 Å². The Morgan fingerprint density at radius 3 is 2.59 bits per heavy atom. The largest absolute Gasteiger partial charge is 0.493 e. The molecule has 0 bridgehead atoms. The molecule has 1 aliphatic rings. The molecular formula is C30H26N2O8S. The average molecular weight is 575 g/mol. The van der Waals surface area contributed by atoms with E-state index >= 15 is 0 Å². The average Bonchev–Trinajstić information content (AvgIpc) is 3.56. The molecule has 41 heavy (non-hydrogen) atoms. The van der Waals surface area contributed by atoms with Gasteiger partial charge in [-0.1, -0.05) is 29.5 Å². The highest BCUT2D eigenvalue weighted by molar-refractivity contribution is 7.07. The molecule has 1 N–H and O–H groups in total. The normalized spacial score (nSPS) is 14.8. The molecule has 1 unspecified atom stereocenters. The van der Waals surface area contributed by atoms with Crippen LogP contribution in [0.15, 0.2) is 80.1 Å². The van der Waals surface area contributed by atoms with E-state index in [0.29, 0.717) is 49.2 Å². The third kappa shape index (κ3) is 5.19. The zero-order valence-corrected chi connectivity index (χ0v) is 23.5. The smallest absolute Gasteiger partial charge is 0.338 e. The summed E-state index contributed by atoms with van der Waals surface area (Å²) in [6.07, 6.45) is 1.60. The summed E-state index contributed by atoms with van der Waals surface area (Å²) in [6.45, 7) is 3.58. The number of carbonyl (C=O) groups excluding carboxylic acids is 1. The summed E-state index contributed by atoms with van der Waals surface area (Å²) < 4.78 is 23.9. The van der Waals surface area contributed by atoms with Gasteiger partial charge in [-0.2, -0.15) is 0 Å². The van der Waals surface area contributed by atoms with Crippen LogP contribution in [0.4, 0.5) is 0 Å². The van der Waals surface area contributed by atoms with Gasteiger partial charge in [-0.05, 0) is 55.8 Å². The van der Waals surface area contributed by atoms with E-state index in [1.165, 1.54) is 30.9 Å². The lowest BCUT2D eigenvalue weighted by Crippen LogP contribution is -2.39. The number of hydrogen-bond donors (Lipinski definition) is 1. The first-order valence-corrected chi connectivity index (χ1v) is 13.4. The third-order valence-corrected chi connectivity index (χ3v) is 7.52. The molecule has 210 valence electrons. The standard InChI is InChI=1S/C30H26N2O8S/c1-5-39-29(36)25-16(2)31-30-32(26(25)18-9-11-22(37-3)23(14-18)38-4)27(33)24(41-30)15-20-10-12-21(40-20)17-7-6-8-19(13-17)28(34)35/h6-15,26H,5H2,1-4H3,(H,34,35). The molecule has 2 aromatic carbocycles. The van der Waals surface area contributed by atoms with Gasteiger partial charge < -0.3 is 23.7 Å². The fourth-order valence-electron chi connectivity index (χ4n) is 4.65. The minimum Gasteiger partial charge on any atom is -0.493 e. The summed E-state index contributed by atoms with van der Waals surface area (Å²) >= 11 is 1.16. The predicted octanol–water partition coefficient (Wildman–Crippen LogP) is 3.77. The minimum atomic E-state index is -1.04. The van der Waals surface area contributed by atoms with E-state index in [2.05, 4.69) is 4.99 Å². The molecule has 0 fully saturated rings. The number of ether oxygens (including phenoxy) is 3. The number of aromatic nitrogens is 1. The number of rotatable bonds is 8. The monoisotopic (exact) mass is 574 g/mol. The lowest BCUT2D eigenvalue weighted by molar-refractivity contribution is -0.139. The summed E-state index contributed by atoms with van der Waals surface area (Å²) in [6, 6.07) is 14.2. The van der Waals surface area contributed by atoms with Crippen molar-refractivity contribution in [2.75, 3.05) is 20.8 Å². The van der Waals surface area contributed by atoms with Crippen LogP contribution in [0.3, 0.4) is 0 Å². The topological polar surface area (TPSA) is 130 Å². The van der Waals surface area contributed by atoms with E-state index in [4.69, 9.17) is 18.6 Å². The van der Waals surface area contributed by atoms with Crippen molar-refractivity contribution in [3.63, 3.8) is 0 Å². The quantitative estimate of drug-likeness (QED) is 0.315. The Morgan fingerprint density at radius 1 is 1.10 bits per heavy atom. The molecule has 3 heterocycles. The first kappa shape index (κ1) is 27.7. The summed E-state index contributed by atoms with van der Waals surface area (Å²) in [4.78, 5) is 43.3. The molecule has 10 nitrogen and oxygen atoms in total. The Balaban J connectivity index is 1.64. The van der Waals surface area contributed by atoms with E-state index in [-0.39, 0.29) is 23.3 Å². The van der Waals surface area contributed by atoms with Gasteiger partial charge in [0.15, 0.2) is 16.3 Å². The van der Waals surface area contributed by atoms with Gasteiger partial charge in [0.2, 0.25) is 0 Å². The number of esters is 1. The van der Waals surface area contributed by atoms with Gasteiger partial charge in [0.25, 0.3) is 5.56 Å². The highest BCUT2D eigenvalue weighted by Crippen LogP contribution is 2.36. The predicted molar refractivity (Wildman–Crippen MR) is 151 cm³/mol. The molecule has 0 saturated heterocycles. The second kappa shape index (κ2) is 11.3.